The van der Waals surface area contributed by atoms with Crippen molar-refractivity contribution in [3.8, 4) is 5.75 Å². The first-order valence-corrected chi connectivity index (χ1v) is 16.9. The largest absolute Gasteiger partial charge is 0.487 e. The van der Waals surface area contributed by atoms with E-state index in [0.717, 1.165) is 74.0 Å². The van der Waals surface area contributed by atoms with Crippen LogP contribution in [0.2, 0.25) is 0 Å². The number of ether oxygens (including phenoxy) is 1. The van der Waals surface area contributed by atoms with Gasteiger partial charge in [0.05, 0.1) is 6.61 Å². The number of nitrogens with zero attached hydrogens (tertiary/aromatic N) is 6. The van der Waals surface area contributed by atoms with Crippen LogP contribution < -0.4 is 20.3 Å². The van der Waals surface area contributed by atoms with Crippen LogP contribution in [-0.4, -0.2) is 94.8 Å². The number of H-pyrrole nitrogens is 1. The molecule has 4 heterocycles. The van der Waals surface area contributed by atoms with Gasteiger partial charge in [-0.15, -0.1) is 0 Å². The average Bonchev–Trinajstić information content (AvgIpc) is 3.72. The van der Waals surface area contributed by atoms with Crippen LogP contribution in [0.3, 0.4) is 0 Å². The third-order valence-electron chi connectivity index (χ3n) is 8.94. The molecule has 1 aromatic carbocycles. The molecule has 0 spiro atoms. The fourth-order valence-corrected chi connectivity index (χ4v) is 7.20. The number of aromatic nitrogens is 4. The Morgan fingerprint density at radius 1 is 1.02 bits per heavy atom. The van der Waals surface area contributed by atoms with Crippen molar-refractivity contribution in [1.82, 2.24) is 30.0 Å². The molecule has 3 N–H and O–H groups in total. The van der Waals surface area contributed by atoms with Crippen molar-refractivity contribution in [2.75, 3.05) is 68.5 Å². The molecule has 3 aromatic rings. The van der Waals surface area contributed by atoms with Crippen molar-refractivity contribution in [3.05, 3.63) is 36.0 Å². The normalized spacial score (nSPS) is 18.9. The molecule has 11 nitrogen and oxygen atoms in total. The molecule has 0 unspecified atom stereocenters. The number of carbonyl (C=O) groups is 1. The van der Waals surface area contributed by atoms with Gasteiger partial charge >= 0.3 is 0 Å². The van der Waals surface area contributed by atoms with E-state index in [-0.39, 0.29) is 11.8 Å². The molecule has 1 aliphatic carbocycles. The van der Waals surface area contributed by atoms with Gasteiger partial charge in [-0.1, -0.05) is 12.8 Å². The summed E-state index contributed by atoms with van der Waals surface area (Å²) in [5.41, 5.74) is 1.78. The van der Waals surface area contributed by atoms with E-state index in [1.54, 1.807) is 0 Å². The lowest BCUT2D eigenvalue weighted by molar-refractivity contribution is -0.119. The molecule has 0 radical (unpaired) electrons. The van der Waals surface area contributed by atoms with Crippen LogP contribution >= 0.6 is 11.8 Å². The van der Waals surface area contributed by atoms with Crippen LogP contribution in [0.4, 0.5) is 23.1 Å². The van der Waals surface area contributed by atoms with Crippen LogP contribution in [-0.2, 0) is 4.79 Å². The molecule has 6 rings (SSSR count). The van der Waals surface area contributed by atoms with Gasteiger partial charge in [-0.2, -0.15) is 5.10 Å². The Bertz CT molecular complexity index is 1390. The van der Waals surface area contributed by atoms with Gasteiger partial charge in [-0.3, -0.25) is 14.8 Å². The second-order valence-electron chi connectivity index (χ2n) is 12.2. The number of amides is 1. The average molecular weight is 620 g/mol. The summed E-state index contributed by atoms with van der Waals surface area (Å²) in [5, 5.41) is 14.5. The topological polar surface area (TPSA) is 115 Å². The van der Waals surface area contributed by atoms with Gasteiger partial charge in [0.15, 0.2) is 22.6 Å². The number of likely N-dealkylation sites (tertiary alicyclic amines) is 1. The molecular formula is C32H45N9O2S. The number of hydrogen-bond acceptors (Lipinski definition) is 10. The highest BCUT2D eigenvalue weighted by Gasteiger charge is 2.30. The Morgan fingerprint density at radius 3 is 2.41 bits per heavy atom. The summed E-state index contributed by atoms with van der Waals surface area (Å²) in [6.07, 6.45) is 6.71. The van der Waals surface area contributed by atoms with E-state index in [9.17, 15) is 4.79 Å². The molecule has 3 fully saturated rings. The third kappa shape index (κ3) is 7.47. The Hall–Kier alpha value is -3.35. The molecule has 2 saturated heterocycles. The predicted octanol–water partition coefficient (Wildman–Crippen LogP) is 5.15. The van der Waals surface area contributed by atoms with Crippen LogP contribution in [0.5, 0.6) is 5.75 Å². The van der Waals surface area contributed by atoms with E-state index in [2.05, 4.69) is 42.6 Å². The molecule has 3 aliphatic rings. The highest BCUT2D eigenvalue weighted by atomic mass is 32.2. The number of nitrogens with one attached hydrogen (secondary N) is 3. The van der Waals surface area contributed by atoms with E-state index < -0.39 is 0 Å². The zero-order chi connectivity index (χ0) is 30.5. The van der Waals surface area contributed by atoms with Gasteiger partial charge in [0.25, 0.3) is 0 Å². The molecule has 1 saturated carbocycles. The van der Waals surface area contributed by atoms with Gasteiger partial charge < -0.3 is 25.2 Å². The fourth-order valence-electron chi connectivity index (χ4n) is 6.45. The first-order valence-electron chi connectivity index (χ1n) is 16.1. The molecule has 236 valence electrons. The molecule has 2 aromatic heterocycles. The SMILES string of the molecule is CCOc1c(Nc2cc(C)[nH]n2)nc(Sc2ccc(NC(=O)C3CCCC3)cc2)nc1N1CCN(C2CCN(C)CC2)CC1. The van der Waals surface area contributed by atoms with Crippen LogP contribution in [0.15, 0.2) is 40.4 Å². The molecule has 1 amide bonds. The highest BCUT2D eigenvalue weighted by molar-refractivity contribution is 7.99. The van der Waals surface area contributed by atoms with Crippen LogP contribution in [0.1, 0.15) is 51.1 Å². The first kappa shape index (κ1) is 30.7. The van der Waals surface area contributed by atoms with Crippen LogP contribution in [0, 0.1) is 12.8 Å². The number of anilines is 4. The summed E-state index contributed by atoms with van der Waals surface area (Å²) in [5.74, 6) is 3.00. The molecule has 12 heteroatoms. The van der Waals surface area contributed by atoms with Crippen LogP contribution in [0.25, 0.3) is 0 Å². The number of hydrogen-bond donors (Lipinski definition) is 3. The van der Waals surface area contributed by atoms with Crippen molar-refractivity contribution < 1.29 is 9.53 Å². The number of rotatable bonds is 10. The van der Waals surface area contributed by atoms with E-state index in [1.165, 1.54) is 37.7 Å². The minimum atomic E-state index is 0.127. The number of carbonyl (C=O) groups excluding carboxylic acids is 1. The van der Waals surface area contributed by atoms with Gasteiger partial charge in [0.2, 0.25) is 11.7 Å². The fraction of sp³-hybridized carbons (Fsp3) is 0.562. The maximum atomic E-state index is 12.6. The molecular weight excluding hydrogens is 574 g/mol. The number of benzene rings is 1. The highest BCUT2D eigenvalue weighted by Crippen LogP contribution is 2.39. The van der Waals surface area contributed by atoms with Gasteiger partial charge in [0, 0.05) is 60.5 Å². The Kier molecular flexibility index (Phi) is 9.88. The molecule has 0 bridgehead atoms. The maximum absolute atomic E-state index is 12.6. The molecule has 2 aliphatic heterocycles. The zero-order valence-corrected chi connectivity index (χ0v) is 27.0. The van der Waals surface area contributed by atoms with Gasteiger partial charge in [0.1, 0.15) is 0 Å². The summed E-state index contributed by atoms with van der Waals surface area (Å²) in [6.45, 7) is 10.6. The smallest absolute Gasteiger partial charge is 0.227 e. The molecule has 44 heavy (non-hydrogen) atoms. The summed E-state index contributed by atoms with van der Waals surface area (Å²) in [4.78, 5) is 31.0. The van der Waals surface area contributed by atoms with E-state index in [4.69, 9.17) is 14.7 Å². The summed E-state index contributed by atoms with van der Waals surface area (Å²) >= 11 is 1.50. The third-order valence-corrected chi connectivity index (χ3v) is 9.82. The Labute approximate surface area is 264 Å². The van der Waals surface area contributed by atoms with E-state index >= 15 is 0 Å². The first-order chi connectivity index (χ1) is 21.4. The number of piperidine rings is 1. The van der Waals surface area contributed by atoms with Gasteiger partial charge in [-0.05, 0) is 95.7 Å². The molecule has 0 atom stereocenters. The lowest BCUT2D eigenvalue weighted by Gasteiger charge is -2.42. The summed E-state index contributed by atoms with van der Waals surface area (Å²) < 4.78 is 6.22. The number of aryl methyl sites for hydroxylation is 1. The predicted molar refractivity (Wildman–Crippen MR) is 175 cm³/mol. The Morgan fingerprint density at radius 2 is 1.75 bits per heavy atom. The lowest BCUT2D eigenvalue weighted by Crippen LogP contribution is -2.53. The summed E-state index contributed by atoms with van der Waals surface area (Å²) in [7, 11) is 2.22. The quantitative estimate of drug-likeness (QED) is 0.263. The zero-order valence-electron chi connectivity index (χ0n) is 26.1. The van der Waals surface area contributed by atoms with Crippen molar-refractivity contribution in [3.63, 3.8) is 0 Å². The standard InChI is InChI=1S/C32H45N9O2S/c1-4-43-28-29(34-27-21-22(2)37-38-27)35-32(44-26-11-9-24(10-12-26)33-31(42)23-7-5-6-8-23)36-30(28)41-19-17-40(18-20-41)25-13-15-39(3)16-14-25/h9-12,21,23,25H,4-8,13-20H2,1-3H3,(H,33,42)(H2,34,35,36,37,38). The van der Waals surface area contributed by atoms with E-state index in [1.807, 2.05) is 44.2 Å². The lowest BCUT2D eigenvalue weighted by atomic mass is 10.0. The minimum Gasteiger partial charge on any atom is -0.487 e. The monoisotopic (exact) mass is 619 g/mol. The number of piperazine rings is 1. The number of aromatic amines is 1. The summed E-state index contributed by atoms with van der Waals surface area (Å²) in [6, 6.07) is 10.5. The van der Waals surface area contributed by atoms with E-state index in [0.29, 0.717) is 35.2 Å². The minimum absolute atomic E-state index is 0.127. The van der Waals surface area contributed by atoms with Crippen molar-refractivity contribution in [1.29, 1.82) is 0 Å². The van der Waals surface area contributed by atoms with Crippen molar-refractivity contribution in [2.24, 2.45) is 5.92 Å². The second kappa shape index (κ2) is 14.2. The second-order valence-corrected chi connectivity index (χ2v) is 13.2. The van der Waals surface area contributed by atoms with Gasteiger partial charge in [-0.25, -0.2) is 9.97 Å². The maximum Gasteiger partial charge on any atom is 0.227 e. The Balaban J connectivity index is 1.22. The van der Waals surface area contributed by atoms with Crippen molar-refractivity contribution >= 4 is 40.8 Å². The van der Waals surface area contributed by atoms with Crippen molar-refractivity contribution in [2.45, 2.75) is 68.5 Å².